The van der Waals surface area contributed by atoms with Crippen LogP contribution in [0.1, 0.15) is 44.6 Å². The number of nitrogens with zero attached hydrogens (tertiary/aromatic N) is 3. The Bertz CT molecular complexity index is 332. The van der Waals surface area contributed by atoms with E-state index in [-0.39, 0.29) is 0 Å². The van der Waals surface area contributed by atoms with E-state index in [4.69, 9.17) is 18.0 Å². The van der Waals surface area contributed by atoms with Gasteiger partial charge in [-0.25, -0.2) is 4.68 Å². The monoisotopic (exact) mass is 212 g/mol. The summed E-state index contributed by atoms with van der Waals surface area (Å²) in [5, 5.41) is 8.08. The Morgan fingerprint density at radius 2 is 2.21 bits per heavy atom. The Balaban J connectivity index is 3.13. The third-order valence-electron chi connectivity index (χ3n) is 2.37. The van der Waals surface area contributed by atoms with Crippen LogP contribution < -0.4 is 5.73 Å². The van der Waals surface area contributed by atoms with Crippen molar-refractivity contribution in [2.75, 3.05) is 0 Å². The smallest absolute Gasteiger partial charge is 0.143 e. The Hall–Kier alpha value is -0.970. The lowest BCUT2D eigenvalue weighted by Gasteiger charge is -2.11. The molecule has 78 valence electrons. The molecule has 0 radical (unpaired) electrons. The van der Waals surface area contributed by atoms with Crippen LogP contribution >= 0.6 is 12.2 Å². The van der Waals surface area contributed by atoms with Crippen LogP contribution in [0.5, 0.6) is 0 Å². The minimum Gasteiger partial charge on any atom is -0.388 e. The first-order chi connectivity index (χ1) is 6.61. The summed E-state index contributed by atoms with van der Waals surface area (Å²) in [6.45, 7) is 6.28. The van der Waals surface area contributed by atoms with Crippen LogP contribution in [0, 0.1) is 0 Å². The molecule has 14 heavy (non-hydrogen) atoms. The SMILES string of the molecule is CCc1c(C(N)=S)nnn1C(C)CC. The summed E-state index contributed by atoms with van der Waals surface area (Å²) in [4.78, 5) is 0.330. The van der Waals surface area contributed by atoms with Gasteiger partial charge in [-0.05, 0) is 19.8 Å². The first-order valence-corrected chi connectivity index (χ1v) is 5.26. The average molecular weight is 212 g/mol. The van der Waals surface area contributed by atoms with Gasteiger partial charge in [0.15, 0.2) is 0 Å². The summed E-state index contributed by atoms with van der Waals surface area (Å²) >= 11 is 4.91. The molecule has 0 saturated heterocycles. The lowest BCUT2D eigenvalue weighted by Crippen LogP contribution is -2.15. The molecule has 0 spiro atoms. The van der Waals surface area contributed by atoms with Crippen molar-refractivity contribution in [3.8, 4) is 0 Å². The molecule has 0 aromatic carbocycles. The number of rotatable bonds is 4. The quantitative estimate of drug-likeness (QED) is 0.767. The number of hydrogen-bond acceptors (Lipinski definition) is 3. The van der Waals surface area contributed by atoms with Gasteiger partial charge in [0, 0.05) is 0 Å². The molecule has 1 atom stereocenters. The fourth-order valence-corrected chi connectivity index (χ4v) is 1.52. The predicted molar refractivity (Wildman–Crippen MR) is 60.3 cm³/mol. The Morgan fingerprint density at radius 3 is 2.64 bits per heavy atom. The third kappa shape index (κ3) is 1.92. The first kappa shape index (κ1) is 11.1. The normalized spacial score (nSPS) is 12.8. The lowest BCUT2D eigenvalue weighted by molar-refractivity contribution is 0.450. The highest BCUT2D eigenvalue weighted by Gasteiger charge is 2.15. The molecule has 1 heterocycles. The van der Waals surface area contributed by atoms with Crippen molar-refractivity contribution >= 4 is 17.2 Å². The van der Waals surface area contributed by atoms with Gasteiger partial charge in [-0.15, -0.1) is 5.10 Å². The molecule has 0 fully saturated rings. The van der Waals surface area contributed by atoms with E-state index >= 15 is 0 Å². The minimum absolute atomic E-state index is 0.330. The summed E-state index contributed by atoms with van der Waals surface area (Å²) in [6.07, 6.45) is 1.87. The fraction of sp³-hybridized carbons (Fsp3) is 0.667. The van der Waals surface area contributed by atoms with Gasteiger partial charge in [0.05, 0.1) is 11.7 Å². The van der Waals surface area contributed by atoms with E-state index in [9.17, 15) is 0 Å². The van der Waals surface area contributed by atoms with E-state index in [1.807, 2.05) is 4.68 Å². The van der Waals surface area contributed by atoms with Gasteiger partial charge in [0.1, 0.15) is 10.7 Å². The molecule has 1 aromatic heterocycles. The van der Waals surface area contributed by atoms with Gasteiger partial charge in [-0.3, -0.25) is 0 Å². The summed E-state index contributed by atoms with van der Waals surface area (Å²) in [5.74, 6) is 0. The summed E-state index contributed by atoms with van der Waals surface area (Å²) in [5.41, 5.74) is 7.26. The molecule has 0 aliphatic rings. The molecule has 5 heteroatoms. The second-order valence-electron chi connectivity index (χ2n) is 3.30. The highest BCUT2D eigenvalue weighted by Crippen LogP contribution is 2.15. The molecule has 0 saturated carbocycles. The van der Waals surface area contributed by atoms with Crippen LogP contribution in [0.4, 0.5) is 0 Å². The van der Waals surface area contributed by atoms with Crippen LogP contribution in [-0.2, 0) is 6.42 Å². The zero-order valence-corrected chi connectivity index (χ0v) is 9.64. The van der Waals surface area contributed by atoms with Crippen molar-refractivity contribution in [2.45, 2.75) is 39.7 Å². The zero-order valence-electron chi connectivity index (χ0n) is 8.82. The van der Waals surface area contributed by atoms with E-state index < -0.39 is 0 Å². The molecule has 0 bridgehead atoms. The second-order valence-corrected chi connectivity index (χ2v) is 3.74. The molecular weight excluding hydrogens is 196 g/mol. The fourth-order valence-electron chi connectivity index (χ4n) is 1.36. The van der Waals surface area contributed by atoms with Gasteiger partial charge >= 0.3 is 0 Å². The first-order valence-electron chi connectivity index (χ1n) is 4.85. The van der Waals surface area contributed by atoms with Crippen molar-refractivity contribution in [1.82, 2.24) is 15.0 Å². The van der Waals surface area contributed by atoms with Gasteiger partial charge in [-0.2, -0.15) is 0 Å². The highest BCUT2D eigenvalue weighted by molar-refractivity contribution is 7.80. The van der Waals surface area contributed by atoms with Crippen molar-refractivity contribution in [2.24, 2.45) is 5.73 Å². The van der Waals surface area contributed by atoms with Crippen LogP contribution in [0.25, 0.3) is 0 Å². The van der Waals surface area contributed by atoms with Gasteiger partial charge in [0.2, 0.25) is 0 Å². The van der Waals surface area contributed by atoms with Crippen LogP contribution in [0.3, 0.4) is 0 Å². The molecule has 0 amide bonds. The van der Waals surface area contributed by atoms with E-state index in [2.05, 4.69) is 31.1 Å². The molecule has 1 rings (SSSR count). The van der Waals surface area contributed by atoms with Crippen molar-refractivity contribution in [3.05, 3.63) is 11.4 Å². The molecule has 0 aliphatic heterocycles. The van der Waals surface area contributed by atoms with E-state index in [0.717, 1.165) is 18.5 Å². The summed E-state index contributed by atoms with van der Waals surface area (Å²) < 4.78 is 1.91. The van der Waals surface area contributed by atoms with Crippen molar-refractivity contribution in [1.29, 1.82) is 0 Å². The van der Waals surface area contributed by atoms with Gasteiger partial charge in [-0.1, -0.05) is 31.3 Å². The standard InChI is InChI=1S/C9H16N4S/c1-4-6(3)13-7(5-2)8(9(10)14)11-12-13/h6H,4-5H2,1-3H3,(H2,10,14). The number of thiocarbonyl (C=S) groups is 1. The van der Waals surface area contributed by atoms with Crippen LogP contribution in [0.2, 0.25) is 0 Å². The molecule has 1 unspecified atom stereocenters. The minimum atomic E-state index is 0.330. The molecule has 4 nitrogen and oxygen atoms in total. The van der Waals surface area contributed by atoms with Gasteiger partial charge < -0.3 is 5.73 Å². The van der Waals surface area contributed by atoms with E-state index in [1.54, 1.807) is 0 Å². The average Bonchev–Trinajstić information content (AvgIpc) is 2.59. The topological polar surface area (TPSA) is 56.7 Å². The van der Waals surface area contributed by atoms with Crippen LogP contribution in [0.15, 0.2) is 0 Å². The lowest BCUT2D eigenvalue weighted by atomic mass is 10.2. The largest absolute Gasteiger partial charge is 0.388 e. The molecular formula is C9H16N4S. The Labute approximate surface area is 89.5 Å². The molecule has 2 N–H and O–H groups in total. The molecule has 0 aliphatic carbocycles. The maximum absolute atomic E-state index is 5.56. The van der Waals surface area contributed by atoms with Gasteiger partial charge in [0.25, 0.3) is 0 Å². The number of nitrogens with two attached hydrogens (primary N) is 1. The summed E-state index contributed by atoms with van der Waals surface area (Å²) in [7, 11) is 0. The maximum Gasteiger partial charge on any atom is 0.143 e. The second kappa shape index (κ2) is 4.50. The molecule has 1 aromatic rings. The van der Waals surface area contributed by atoms with E-state index in [1.165, 1.54) is 0 Å². The van der Waals surface area contributed by atoms with Crippen molar-refractivity contribution < 1.29 is 0 Å². The number of aromatic nitrogens is 3. The predicted octanol–water partition coefficient (Wildman–Crippen LogP) is 1.45. The summed E-state index contributed by atoms with van der Waals surface area (Å²) in [6, 6.07) is 0.348. The maximum atomic E-state index is 5.56. The van der Waals surface area contributed by atoms with Crippen molar-refractivity contribution in [3.63, 3.8) is 0 Å². The number of hydrogen-bond donors (Lipinski definition) is 1. The Kier molecular flexibility index (Phi) is 3.57. The Morgan fingerprint density at radius 1 is 1.57 bits per heavy atom. The van der Waals surface area contributed by atoms with Crippen LogP contribution in [-0.4, -0.2) is 20.0 Å². The highest BCUT2D eigenvalue weighted by atomic mass is 32.1. The third-order valence-corrected chi connectivity index (χ3v) is 2.56. The zero-order chi connectivity index (χ0) is 10.7. The van der Waals surface area contributed by atoms with E-state index in [0.29, 0.717) is 16.7 Å².